The first-order valence-corrected chi connectivity index (χ1v) is 10.1. The smallest absolute Gasteiger partial charge is 0.0406 e. The van der Waals surface area contributed by atoms with Crippen LogP contribution in [0.15, 0.2) is 36.5 Å². The molecular formula is C23H29N3. The fourth-order valence-corrected chi connectivity index (χ4v) is 5.77. The normalized spacial score (nSPS) is 29.7. The van der Waals surface area contributed by atoms with Gasteiger partial charge in [0, 0.05) is 48.7 Å². The van der Waals surface area contributed by atoms with Gasteiger partial charge in [0.15, 0.2) is 0 Å². The molecule has 26 heavy (non-hydrogen) atoms. The molecule has 0 spiro atoms. The lowest BCUT2D eigenvalue weighted by atomic mass is 9.76. The third-order valence-electron chi connectivity index (χ3n) is 6.96. The maximum absolute atomic E-state index is 4.48. The van der Waals surface area contributed by atoms with Crippen molar-refractivity contribution in [2.45, 2.75) is 51.1 Å². The van der Waals surface area contributed by atoms with Gasteiger partial charge in [0.05, 0.1) is 0 Å². The maximum Gasteiger partial charge on any atom is 0.0406 e. The minimum Gasteiger partial charge on any atom is -0.367 e. The van der Waals surface area contributed by atoms with Crippen LogP contribution in [0.1, 0.15) is 41.1 Å². The minimum absolute atomic E-state index is 0.680. The van der Waals surface area contributed by atoms with Crippen LogP contribution in [0.4, 0.5) is 5.69 Å². The molecule has 0 amide bonds. The molecule has 0 radical (unpaired) electrons. The molecule has 1 saturated carbocycles. The van der Waals surface area contributed by atoms with Crippen molar-refractivity contribution in [2.75, 3.05) is 25.0 Å². The Kier molecular flexibility index (Phi) is 3.82. The van der Waals surface area contributed by atoms with E-state index in [4.69, 9.17) is 0 Å². The Bertz CT molecular complexity index is 813. The number of likely N-dealkylation sites (N-methyl/N-ethyl adjacent to an activating group) is 1. The van der Waals surface area contributed by atoms with Crippen molar-refractivity contribution >= 4 is 5.69 Å². The van der Waals surface area contributed by atoms with Gasteiger partial charge >= 0.3 is 0 Å². The quantitative estimate of drug-likeness (QED) is 0.838. The average molecular weight is 348 g/mol. The molecule has 5 rings (SSSR count). The third-order valence-corrected chi connectivity index (χ3v) is 6.96. The van der Waals surface area contributed by atoms with Crippen LogP contribution in [-0.2, 0) is 6.42 Å². The van der Waals surface area contributed by atoms with Crippen LogP contribution in [0.5, 0.6) is 0 Å². The third kappa shape index (κ3) is 2.56. The highest BCUT2D eigenvalue weighted by Gasteiger charge is 2.51. The van der Waals surface area contributed by atoms with Gasteiger partial charge in [0.2, 0.25) is 0 Å². The number of pyridine rings is 1. The molecule has 1 aromatic heterocycles. The zero-order valence-corrected chi connectivity index (χ0v) is 16.2. The summed E-state index contributed by atoms with van der Waals surface area (Å²) in [4.78, 5) is 9.85. The lowest BCUT2D eigenvalue weighted by molar-refractivity contribution is 0.249. The number of aryl methyl sites for hydroxylation is 2. The van der Waals surface area contributed by atoms with Crippen molar-refractivity contribution in [1.82, 2.24) is 9.88 Å². The second-order valence-electron chi connectivity index (χ2n) is 8.75. The van der Waals surface area contributed by atoms with E-state index in [1.54, 1.807) is 5.56 Å². The zero-order valence-electron chi connectivity index (χ0n) is 16.2. The van der Waals surface area contributed by atoms with Crippen LogP contribution < -0.4 is 4.90 Å². The SMILES string of the molecule is Cc1ccc2c(c1)[C@@H]1[C@H]3C[C@@H](C[C@@H]1N2CCc1ccc(C)nc1)CN3C. The number of rotatable bonds is 3. The summed E-state index contributed by atoms with van der Waals surface area (Å²) in [5, 5.41) is 0. The molecule has 0 unspecified atom stereocenters. The minimum atomic E-state index is 0.680. The first-order chi connectivity index (χ1) is 12.6. The number of fused-ring (bicyclic) bond motifs is 6. The molecule has 3 heteroatoms. The summed E-state index contributed by atoms with van der Waals surface area (Å²) in [6.45, 7) is 6.68. The van der Waals surface area contributed by atoms with Crippen LogP contribution in [0, 0.1) is 19.8 Å². The fourth-order valence-electron chi connectivity index (χ4n) is 5.77. The Morgan fingerprint density at radius 1 is 1.08 bits per heavy atom. The summed E-state index contributed by atoms with van der Waals surface area (Å²) < 4.78 is 0. The standard InChI is InChI=1S/C23H29N3/c1-15-4-7-20-19(10-15)23-21-11-18(14-25(21)3)12-22(23)26(20)9-8-17-6-5-16(2)24-13-17/h4-7,10,13,18,21-23H,8-9,11-12,14H2,1-3H3/t18-,21+,22-,23+/m0/s1. The van der Waals surface area contributed by atoms with Crippen LogP contribution in [0.2, 0.25) is 0 Å². The molecule has 136 valence electrons. The fraction of sp³-hybridized carbons (Fsp3) is 0.522. The number of hydrogen-bond acceptors (Lipinski definition) is 3. The van der Waals surface area contributed by atoms with Crippen LogP contribution in [0.3, 0.4) is 0 Å². The van der Waals surface area contributed by atoms with Gasteiger partial charge < -0.3 is 9.80 Å². The lowest BCUT2D eigenvalue weighted by Crippen LogP contribution is -2.44. The molecule has 2 bridgehead atoms. The Balaban J connectivity index is 1.46. The molecule has 1 saturated heterocycles. The molecule has 2 aromatic rings. The molecule has 2 aliphatic heterocycles. The zero-order chi connectivity index (χ0) is 17.8. The van der Waals surface area contributed by atoms with Gasteiger partial charge in [-0.2, -0.15) is 0 Å². The highest BCUT2D eigenvalue weighted by Crippen LogP contribution is 2.53. The summed E-state index contributed by atoms with van der Waals surface area (Å²) >= 11 is 0. The molecular weight excluding hydrogens is 318 g/mol. The molecule has 3 heterocycles. The highest BCUT2D eigenvalue weighted by atomic mass is 15.2. The van der Waals surface area contributed by atoms with Crippen molar-refractivity contribution in [2.24, 2.45) is 5.92 Å². The molecule has 1 aromatic carbocycles. The van der Waals surface area contributed by atoms with E-state index in [1.165, 1.54) is 36.2 Å². The predicted molar refractivity (Wildman–Crippen MR) is 107 cm³/mol. The number of aromatic nitrogens is 1. The predicted octanol–water partition coefficient (Wildman–Crippen LogP) is 3.94. The van der Waals surface area contributed by atoms with E-state index in [9.17, 15) is 0 Å². The van der Waals surface area contributed by atoms with E-state index < -0.39 is 0 Å². The summed E-state index contributed by atoms with van der Waals surface area (Å²) in [6, 6.07) is 12.9. The largest absolute Gasteiger partial charge is 0.367 e. The Morgan fingerprint density at radius 3 is 2.73 bits per heavy atom. The van der Waals surface area contributed by atoms with Gasteiger partial charge in [0.1, 0.15) is 0 Å². The molecule has 0 N–H and O–H groups in total. The van der Waals surface area contributed by atoms with Gasteiger partial charge in [-0.25, -0.2) is 0 Å². The molecule has 3 aliphatic rings. The average Bonchev–Trinajstić information content (AvgIpc) is 3.09. The van der Waals surface area contributed by atoms with E-state index in [2.05, 4.69) is 72.2 Å². The van der Waals surface area contributed by atoms with E-state index in [0.717, 1.165) is 30.6 Å². The van der Waals surface area contributed by atoms with Gasteiger partial charge in [0.25, 0.3) is 0 Å². The number of nitrogens with zero attached hydrogens (tertiary/aromatic N) is 3. The second kappa shape index (κ2) is 6.09. The van der Waals surface area contributed by atoms with E-state index in [-0.39, 0.29) is 0 Å². The van der Waals surface area contributed by atoms with Crippen LogP contribution in [0.25, 0.3) is 0 Å². The monoisotopic (exact) mass is 347 g/mol. The summed E-state index contributed by atoms with van der Waals surface area (Å²) in [5.41, 5.74) is 6.95. The Hall–Kier alpha value is -1.87. The number of hydrogen-bond donors (Lipinski definition) is 0. The number of likely N-dealkylation sites (tertiary alicyclic amines) is 1. The van der Waals surface area contributed by atoms with E-state index >= 15 is 0 Å². The first-order valence-electron chi connectivity index (χ1n) is 10.1. The Morgan fingerprint density at radius 2 is 1.92 bits per heavy atom. The number of anilines is 1. The van der Waals surface area contributed by atoms with Gasteiger partial charge in [-0.1, -0.05) is 23.8 Å². The second-order valence-corrected chi connectivity index (χ2v) is 8.75. The maximum atomic E-state index is 4.48. The van der Waals surface area contributed by atoms with Crippen molar-refractivity contribution in [3.63, 3.8) is 0 Å². The highest BCUT2D eigenvalue weighted by molar-refractivity contribution is 5.64. The van der Waals surface area contributed by atoms with Crippen LogP contribution >= 0.6 is 0 Å². The van der Waals surface area contributed by atoms with Crippen molar-refractivity contribution < 1.29 is 0 Å². The summed E-state index contributed by atoms with van der Waals surface area (Å²) in [5.74, 6) is 1.56. The van der Waals surface area contributed by atoms with Gasteiger partial charge in [-0.3, -0.25) is 4.98 Å². The van der Waals surface area contributed by atoms with Gasteiger partial charge in [-0.15, -0.1) is 0 Å². The van der Waals surface area contributed by atoms with Crippen molar-refractivity contribution in [1.29, 1.82) is 0 Å². The summed E-state index contributed by atoms with van der Waals surface area (Å²) in [6.07, 6.45) is 5.87. The Labute approximate surface area is 157 Å². The van der Waals surface area contributed by atoms with Gasteiger partial charge in [-0.05, 0) is 69.3 Å². The molecule has 1 aliphatic carbocycles. The van der Waals surface area contributed by atoms with E-state index in [0.29, 0.717) is 12.0 Å². The summed E-state index contributed by atoms with van der Waals surface area (Å²) in [7, 11) is 2.34. The van der Waals surface area contributed by atoms with E-state index in [1.807, 2.05) is 0 Å². The topological polar surface area (TPSA) is 19.4 Å². The van der Waals surface area contributed by atoms with Crippen molar-refractivity contribution in [3.8, 4) is 0 Å². The lowest BCUT2D eigenvalue weighted by Gasteiger charge is -2.38. The molecule has 3 nitrogen and oxygen atoms in total. The van der Waals surface area contributed by atoms with Crippen molar-refractivity contribution in [3.05, 3.63) is 58.9 Å². The molecule has 2 fully saturated rings. The van der Waals surface area contributed by atoms with Crippen LogP contribution in [-0.4, -0.2) is 42.1 Å². The number of benzene rings is 1. The molecule has 4 atom stereocenters. The first kappa shape index (κ1) is 16.3.